The molecule has 3 aromatic rings. The molecule has 10 heteroatoms. The Bertz CT molecular complexity index is 1100. The number of carbonyl (C=O) groups is 2. The Balaban J connectivity index is 0.000000439. The molecule has 0 spiro atoms. The van der Waals surface area contributed by atoms with Crippen molar-refractivity contribution in [2.24, 2.45) is 0 Å². The molecule has 0 heterocycles. The Kier molecular flexibility index (Phi) is 8.31. The van der Waals surface area contributed by atoms with Crippen molar-refractivity contribution < 1.29 is 36.3 Å². The maximum absolute atomic E-state index is 13.6. The minimum atomic E-state index is -4.90. The smallest absolute Gasteiger partial charge is 0.420 e. The zero-order valence-corrected chi connectivity index (χ0v) is 17.1. The third-order valence-corrected chi connectivity index (χ3v) is 3.97. The molecule has 32 heavy (non-hydrogen) atoms. The fourth-order valence-electron chi connectivity index (χ4n) is 2.39. The summed E-state index contributed by atoms with van der Waals surface area (Å²) in [5, 5.41) is 2.74. The maximum Gasteiger partial charge on any atom is 0.420 e. The van der Waals surface area contributed by atoms with Gasteiger partial charge in [-0.15, -0.1) is 0 Å². The Labute approximate surface area is 184 Å². The maximum atomic E-state index is 13.6. The summed E-state index contributed by atoms with van der Waals surface area (Å²) in [4.78, 5) is 23.3. The van der Waals surface area contributed by atoms with Gasteiger partial charge >= 0.3 is 12.1 Å². The number of para-hydroxylation sites is 1. The summed E-state index contributed by atoms with van der Waals surface area (Å²) >= 11 is 5.54. The van der Waals surface area contributed by atoms with Crippen molar-refractivity contribution in [1.82, 2.24) is 0 Å². The minimum absolute atomic E-state index is 0.573. The number of carbonyl (C=O) groups excluding carboxylic acids is 2. The topological polar surface area (TPSA) is 55.4 Å². The van der Waals surface area contributed by atoms with Crippen LogP contribution in [0, 0.1) is 11.6 Å². The molecule has 0 atom stereocenters. The van der Waals surface area contributed by atoms with E-state index in [4.69, 9.17) is 11.6 Å². The number of hydrogen-bond donors (Lipinski definition) is 1. The Hall–Kier alpha value is -3.46. The average Bonchev–Trinajstić information content (AvgIpc) is 2.70. The third-order valence-electron chi connectivity index (χ3n) is 3.72. The van der Waals surface area contributed by atoms with Gasteiger partial charge in [0.05, 0.1) is 16.8 Å². The Morgan fingerprint density at radius 1 is 0.938 bits per heavy atom. The van der Waals surface area contributed by atoms with Crippen LogP contribution in [-0.4, -0.2) is 11.9 Å². The van der Waals surface area contributed by atoms with Gasteiger partial charge in [0.15, 0.2) is 5.75 Å². The number of esters is 1. The predicted octanol–water partition coefficient (Wildman–Crippen LogP) is 6.50. The summed E-state index contributed by atoms with van der Waals surface area (Å²) in [6.45, 7) is 0.862. The van der Waals surface area contributed by atoms with Crippen molar-refractivity contribution in [2.45, 2.75) is 13.1 Å². The lowest BCUT2D eigenvalue weighted by Crippen LogP contribution is -2.19. The van der Waals surface area contributed by atoms with Crippen LogP contribution >= 0.6 is 11.6 Å². The van der Waals surface area contributed by atoms with E-state index in [1.165, 1.54) is 0 Å². The second-order valence-electron chi connectivity index (χ2n) is 6.15. The van der Waals surface area contributed by atoms with E-state index in [2.05, 4.69) is 4.74 Å². The van der Waals surface area contributed by atoms with E-state index in [0.717, 1.165) is 36.2 Å². The molecule has 0 fully saturated rings. The molecule has 4 nitrogen and oxygen atoms in total. The van der Waals surface area contributed by atoms with Crippen LogP contribution in [0.25, 0.3) is 0 Å². The molecule has 0 aromatic heterocycles. The summed E-state index contributed by atoms with van der Waals surface area (Å²) < 4.78 is 70.4. The van der Waals surface area contributed by atoms with Gasteiger partial charge in [-0.05, 0) is 36.4 Å². The van der Waals surface area contributed by atoms with Gasteiger partial charge in [0, 0.05) is 18.0 Å². The number of anilines is 1. The van der Waals surface area contributed by atoms with Gasteiger partial charge in [0.1, 0.15) is 11.6 Å². The van der Waals surface area contributed by atoms with Crippen LogP contribution in [0.3, 0.4) is 0 Å². The van der Waals surface area contributed by atoms with E-state index >= 15 is 0 Å². The molecule has 0 aliphatic carbocycles. The van der Waals surface area contributed by atoms with Crippen LogP contribution < -0.4 is 10.1 Å². The van der Waals surface area contributed by atoms with E-state index < -0.39 is 52.3 Å². The monoisotopic (exact) mass is 471 g/mol. The number of rotatable bonds is 3. The van der Waals surface area contributed by atoms with E-state index in [-0.39, 0.29) is 0 Å². The lowest BCUT2D eigenvalue weighted by molar-refractivity contribution is -0.141. The highest BCUT2D eigenvalue weighted by Crippen LogP contribution is 2.38. The lowest BCUT2D eigenvalue weighted by atomic mass is 10.1. The summed E-state index contributed by atoms with van der Waals surface area (Å²) in [6, 6.07) is 14.2. The summed E-state index contributed by atoms with van der Waals surface area (Å²) in [5.74, 6) is -5.15. The quantitative estimate of drug-likeness (QED) is 0.269. The minimum Gasteiger partial charge on any atom is -0.425 e. The number of amides is 1. The number of nitrogens with one attached hydrogen (secondary N) is 1. The Morgan fingerprint density at radius 3 is 2.12 bits per heavy atom. The van der Waals surface area contributed by atoms with E-state index in [1.54, 1.807) is 0 Å². The van der Waals surface area contributed by atoms with E-state index in [0.29, 0.717) is 12.1 Å². The number of benzene rings is 3. The second kappa shape index (κ2) is 10.7. The van der Waals surface area contributed by atoms with Crippen LogP contribution in [0.4, 0.5) is 27.6 Å². The van der Waals surface area contributed by atoms with Gasteiger partial charge in [-0.1, -0.05) is 35.9 Å². The molecular weight excluding hydrogens is 457 g/mol. The van der Waals surface area contributed by atoms with E-state index in [9.17, 15) is 31.5 Å². The lowest BCUT2D eigenvalue weighted by Gasteiger charge is -2.16. The van der Waals surface area contributed by atoms with Crippen LogP contribution in [-0.2, 0) is 11.0 Å². The summed E-state index contributed by atoms with van der Waals surface area (Å²) in [7, 11) is 0. The molecule has 3 aromatic carbocycles. The first-order valence-corrected chi connectivity index (χ1v) is 9.22. The number of alkyl halides is 3. The first-order valence-electron chi connectivity index (χ1n) is 8.84. The number of hydrogen-bond acceptors (Lipinski definition) is 3. The standard InChI is InChI=1S/C16H10F5NO3.C6H5Cl/c1-8(23)25-14-10(3-2-4-11(14)16(19,20)21)15(24)22-13-7-9(17)5-6-12(13)18;7-6-4-2-1-3-5-6/h2-7H,1H3,(H,22,24);1-5H. The second-order valence-corrected chi connectivity index (χ2v) is 6.58. The predicted molar refractivity (Wildman–Crippen MR) is 109 cm³/mol. The molecule has 0 saturated heterocycles. The highest BCUT2D eigenvalue weighted by Gasteiger charge is 2.37. The van der Waals surface area contributed by atoms with Crippen molar-refractivity contribution in [3.8, 4) is 5.75 Å². The van der Waals surface area contributed by atoms with Crippen LogP contribution in [0.5, 0.6) is 5.75 Å². The molecule has 1 N–H and O–H groups in total. The molecule has 0 bridgehead atoms. The van der Waals surface area contributed by atoms with Crippen LogP contribution in [0.1, 0.15) is 22.8 Å². The first kappa shape index (κ1) is 24.8. The molecule has 3 rings (SSSR count). The van der Waals surface area contributed by atoms with E-state index in [1.807, 2.05) is 35.6 Å². The van der Waals surface area contributed by atoms with Gasteiger partial charge in [0.25, 0.3) is 5.91 Å². The average molecular weight is 472 g/mol. The van der Waals surface area contributed by atoms with Crippen molar-refractivity contribution in [2.75, 3.05) is 5.32 Å². The molecular formula is C22H15ClF5NO3. The molecule has 0 saturated carbocycles. The fraction of sp³-hybridized carbons (Fsp3) is 0.0909. The highest BCUT2D eigenvalue weighted by atomic mass is 35.5. The zero-order valence-electron chi connectivity index (χ0n) is 16.3. The molecule has 0 unspecified atom stereocenters. The SMILES string of the molecule is CC(=O)Oc1c(C(=O)Nc2cc(F)ccc2F)cccc1C(F)(F)F.Clc1ccccc1. The molecule has 0 aliphatic heterocycles. The highest BCUT2D eigenvalue weighted by molar-refractivity contribution is 6.30. The van der Waals surface area contributed by atoms with Gasteiger partial charge < -0.3 is 10.1 Å². The third kappa shape index (κ3) is 7.05. The van der Waals surface area contributed by atoms with Crippen molar-refractivity contribution in [3.63, 3.8) is 0 Å². The Morgan fingerprint density at radius 2 is 1.59 bits per heavy atom. The first-order chi connectivity index (χ1) is 15.0. The van der Waals surface area contributed by atoms with Gasteiger partial charge in [-0.2, -0.15) is 13.2 Å². The largest absolute Gasteiger partial charge is 0.425 e. The molecule has 168 valence electrons. The van der Waals surface area contributed by atoms with Crippen LogP contribution in [0.15, 0.2) is 66.7 Å². The van der Waals surface area contributed by atoms with Gasteiger partial charge in [-0.25, -0.2) is 8.78 Å². The van der Waals surface area contributed by atoms with Crippen LogP contribution in [0.2, 0.25) is 5.02 Å². The molecule has 0 aliphatic rings. The summed E-state index contributed by atoms with van der Waals surface area (Å²) in [5.41, 5.74) is -2.58. The van der Waals surface area contributed by atoms with Crippen molar-refractivity contribution in [3.05, 3.63) is 94.5 Å². The fourth-order valence-corrected chi connectivity index (χ4v) is 2.54. The van der Waals surface area contributed by atoms with Gasteiger partial charge in [0.2, 0.25) is 0 Å². The molecule has 0 radical (unpaired) electrons. The van der Waals surface area contributed by atoms with Gasteiger partial charge in [-0.3, -0.25) is 9.59 Å². The van der Waals surface area contributed by atoms with Crippen molar-refractivity contribution >= 4 is 29.2 Å². The molecule has 1 amide bonds. The normalized spacial score (nSPS) is 10.6. The summed E-state index contributed by atoms with van der Waals surface area (Å²) in [6.07, 6.45) is -4.90. The number of ether oxygens (including phenoxy) is 1. The zero-order chi connectivity index (χ0) is 23.9. The number of halogens is 6. The van der Waals surface area contributed by atoms with Crippen molar-refractivity contribution in [1.29, 1.82) is 0 Å².